The zero-order valence-electron chi connectivity index (χ0n) is 8.72. The first-order valence-electron chi connectivity index (χ1n) is 4.78. The van der Waals surface area contributed by atoms with Crippen LogP contribution in [0.1, 0.15) is 5.01 Å². The topological polar surface area (TPSA) is 55.0 Å². The Bertz CT molecular complexity index is 311. The SMILES string of the molecule is C=CCN(CC=C)CCc1nnc(N)s1. The molecule has 0 fully saturated rings. The van der Waals surface area contributed by atoms with Gasteiger partial charge in [0, 0.05) is 26.1 Å². The predicted octanol–water partition coefficient (Wildman–Crippen LogP) is 1.34. The van der Waals surface area contributed by atoms with E-state index in [0.29, 0.717) is 5.13 Å². The van der Waals surface area contributed by atoms with E-state index in [1.54, 1.807) is 0 Å². The molecule has 4 nitrogen and oxygen atoms in total. The smallest absolute Gasteiger partial charge is 0.203 e. The highest BCUT2D eigenvalue weighted by atomic mass is 32.1. The normalized spacial score (nSPS) is 10.5. The van der Waals surface area contributed by atoms with Gasteiger partial charge in [-0.15, -0.1) is 23.4 Å². The summed E-state index contributed by atoms with van der Waals surface area (Å²) in [4.78, 5) is 2.23. The van der Waals surface area contributed by atoms with Crippen LogP contribution in [0.25, 0.3) is 0 Å². The molecular formula is C10H16N4S. The number of aromatic nitrogens is 2. The molecule has 15 heavy (non-hydrogen) atoms. The van der Waals surface area contributed by atoms with Crippen LogP contribution in [0.5, 0.6) is 0 Å². The molecule has 0 aliphatic carbocycles. The molecule has 0 aromatic carbocycles. The lowest BCUT2D eigenvalue weighted by Crippen LogP contribution is -2.26. The van der Waals surface area contributed by atoms with E-state index in [2.05, 4.69) is 28.3 Å². The third kappa shape index (κ3) is 4.22. The summed E-state index contributed by atoms with van der Waals surface area (Å²) in [5.74, 6) is 0. The van der Waals surface area contributed by atoms with Crippen LogP contribution >= 0.6 is 11.3 Å². The summed E-state index contributed by atoms with van der Waals surface area (Å²) >= 11 is 1.44. The van der Waals surface area contributed by atoms with E-state index in [0.717, 1.165) is 31.1 Å². The highest BCUT2D eigenvalue weighted by Gasteiger charge is 2.04. The molecule has 0 unspecified atom stereocenters. The average Bonchev–Trinajstić information content (AvgIpc) is 2.61. The van der Waals surface area contributed by atoms with Crippen LogP contribution in [0.4, 0.5) is 5.13 Å². The molecular weight excluding hydrogens is 208 g/mol. The summed E-state index contributed by atoms with van der Waals surface area (Å²) in [7, 11) is 0. The summed E-state index contributed by atoms with van der Waals surface area (Å²) in [5, 5.41) is 9.26. The minimum absolute atomic E-state index is 0.531. The fourth-order valence-corrected chi connectivity index (χ4v) is 1.84. The molecule has 1 aromatic heterocycles. The molecule has 0 bridgehead atoms. The summed E-state index contributed by atoms with van der Waals surface area (Å²) in [6, 6.07) is 0. The molecule has 2 N–H and O–H groups in total. The molecule has 1 aromatic rings. The van der Waals surface area contributed by atoms with Crippen molar-refractivity contribution in [3.05, 3.63) is 30.3 Å². The van der Waals surface area contributed by atoms with Gasteiger partial charge in [0.25, 0.3) is 0 Å². The summed E-state index contributed by atoms with van der Waals surface area (Å²) in [5.41, 5.74) is 5.50. The van der Waals surface area contributed by atoms with Crippen molar-refractivity contribution in [1.29, 1.82) is 0 Å². The van der Waals surface area contributed by atoms with Crippen LogP contribution in [0.15, 0.2) is 25.3 Å². The Labute approximate surface area is 94.1 Å². The average molecular weight is 224 g/mol. The van der Waals surface area contributed by atoms with Gasteiger partial charge in [-0.05, 0) is 0 Å². The summed E-state index contributed by atoms with van der Waals surface area (Å²) in [6.45, 7) is 10.1. The van der Waals surface area contributed by atoms with Gasteiger partial charge in [-0.2, -0.15) is 0 Å². The van der Waals surface area contributed by atoms with Crippen LogP contribution < -0.4 is 5.73 Å². The number of anilines is 1. The van der Waals surface area contributed by atoms with E-state index >= 15 is 0 Å². The Kier molecular flexibility index (Phi) is 5.00. The van der Waals surface area contributed by atoms with Crippen molar-refractivity contribution in [1.82, 2.24) is 15.1 Å². The molecule has 0 aliphatic heterocycles. The predicted molar refractivity (Wildman–Crippen MR) is 64.9 cm³/mol. The maximum atomic E-state index is 5.50. The van der Waals surface area contributed by atoms with Gasteiger partial charge < -0.3 is 5.73 Å². The molecule has 0 spiro atoms. The number of nitrogens with two attached hydrogens (primary N) is 1. The largest absolute Gasteiger partial charge is 0.374 e. The molecule has 0 saturated heterocycles. The van der Waals surface area contributed by atoms with Crippen molar-refractivity contribution in [3.63, 3.8) is 0 Å². The fraction of sp³-hybridized carbons (Fsp3) is 0.400. The van der Waals surface area contributed by atoms with Gasteiger partial charge in [-0.1, -0.05) is 23.5 Å². The second-order valence-corrected chi connectivity index (χ2v) is 4.21. The van der Waals surface area contributed by atoms with Gasteiger partial charge in [0.05, 0.1) is 0 Å². The highest BCUT2D eigenvalue weighted by Crippen LogP contribution is 2.11. The van der Waals surface area contributed by atoms with Gasteiger partial charge in [0.2, 0.25) is 5.13 Å². The first-order valence-corrected chi connectivity index (χ1v) is 5.60. The highest BCUT2D eigenvalue weighted by molar-refractivity contribution is 7.15. The van der Waals surface area contributed by atoms with Crippen LogP contribution in [-0.2, 0) is 6.42 Å². The molecule has 0 saturated carbocycles. The monoisotopic (exact) mass is 224 g/mol. The van der Waals surface area contributed by atoms with Gasteiger partial charge in [-0.25, -0.2) is 0 Å². The van der Waals surface area contributed by atoms with Crippen molar-refractivity contribution >= 4 is 16.5 Å². The quantitative estimate of drug-likeness (QED) is 0.710. The van der Waals surface area contributed by atoms with E-state index < -0.39 is 0 Å². The lowest BCUT2D eigenvalue weighted by molar-refractivity contribution is 0.339. The van der Waals surface area contributed by atoms with E-state index in [9.17, 15) is 0 Å². The molecule has 0 aliphatic rings. The Morgan fingerprint density at radius 3 is 2.40 bits per heavy atom. The van der Waals surface area contributed by atoms with Crippen molar-refractivity contribution in [2.75, 3.05) is 25.4 Å². The maximum Gasteiger partial charge on any atom is 0.203 e. The minimum Gasteiger partial charge on any atom is -0.374 e. The number of hydrogen-bond acceptors (Lipinski definition) is 5. The zero-order chi connectivity index (χ0) is 11.1. The number of nitrogens with zero attached hydrogens (tertiary/aromatic N) is 3. The van der Waals surface area contributed by atoms with Crippen LogP contribution in [0, 0.1) is 0 Å². The van der Waals surface area contributed by atoms with E-state index in [1.165, 1.54) is 11.3 Å². The van der Waals surface area contributed by atoms with E-state index in [4.69, 9.17) is 5.73 Å². The standard InChI is InChI=1S/C10H16N4S/c1-3-6-14(7-4-2)8-5-9-12-13-10(11)15-9/h3-4H,1-2,5-8H2,(H2,11,13). The lowest BCUT2D eigenvalue weighted by atomic mass is 10.3. The number of rotatable bonds is 7. The second kappa shape index (κ2) is 6.31. The lowest BCUT2D eigenvalue weighted by Gasteiger charge is -2.17. The third-order valence-corrected chi connectivity index (χ3v) is 2.71. The van der Waals surface area contributed by atoms with E-state index in [1.807, 2.05) is 12.2 Å². The Morgan fingerprint density at radius 2 is 1.93 bits per heavy atom. The number of nitrogen functional groups attached to an aromatic ring is 1. The van der Waals surface area contributed by atoms with Gasteiger partial charge >= 0.3 is 0 Å². The van der Waals surface area contributed by atoms with Gasteiger partial charge in [0.15, 0.2) is 0 Å². The van der Waals surface area contributed by atoms with Crippen molar-refractivity contribution < 1.29 is 0 Å². The van der Waals surface area contributed by atoms with Gasteiger partial charge in [-0.3, -0.25) is 4.90 Å². The third-order valence-electron chi connectivity index (χ3n) is 1.90. The molecule has 0 amide bonds. The molecule has 5 heteroatoms. The second-order valence-electron chi connectivity index (χ2n) is 3.12. The fourth-order valence-electron chi connectivity index (χ4n) is 1.24. The van der Waals surface area contributed by atoms with E-state index in [-0.39, 0.29) is 0 Å². The first-order chi connectivity index (χ1) is 7.26. The molecule has 0 radical (unpaired) electrons. The van der Waals surface area contributed by atoms with Crippen molar-refractivity contribution in [2.24, 2.45) is 0 Å². The van der Waals surface area contributed by atoms with Crippen molar-refractivity contribution in [2.45, 2.75) is 6.42 Å². The Balaban J connectivity index is 2.38. The molecule has 0 atom stereocenters. The van der Waals surface area contributed by atoms with Crippen LogP contribution in [0.2, 0.25) is 0 Å². The maximum absolute atomic E-state index is 5.50. The first kappa shape index (κ1) is 11.9. The molecule has 1 rings (SSSR count). The minimum atomic E-state index is 0.531. The molecule has 1 heterocycles. The number of hydrogen-bond donors (Lipinski definition) is 1. The van der Waals surface area contributed by atoms with Gasteiger partial charge in [0.1, 0.15) is 5.01 Å². The summed E-state index contributed by atoms with van der Waals surface area (Å²) in [6.07, 6.45) is 4.65. The summed E-state index contributed by atoms with van der Waals surface area (Å²) < 4.78 is 0. The van der Waals surface area contributed by atoms with Crippen molar-refractivity contribution in [3.8, 4) is 0 Å². The zero-order valence-corrected chi connectivity index (χ0v) is 9.54. The Hall–Kier alpha value is -1.20. The molecule has 82 valence electrons. The van der Waals surface area contributed by atoms with Crippen LogP contribution in [-0.4, -0.2) is 34.7 Å². The van der Waals surface area contributed by atoms with Crippen LogP contribution in [0.3, 0.4) is 0 Å². The Morgan fingerprint density at radius 1 is 1.27 bits per heavy atom.